The van der Waals surface area contributed by atoms with Gasteiger partial charge in [-0.15, -0.1) is 0 Å². The number of hydrogen-bond donors (Lipinski definition) is 2. The van der Waals surface area contributed by atoms with Crippen LogP contribution < -0.4 is 10.6 Å². The van der Waals surface area contributed by atoms with Crippen LogP contribution >= 0.6 is 0 Å². The molecule has 0 amide bonds. The average molecular weight is 298 g/mol. The van der Waals surface area contributed by atoms with Crippen molar-refractivity contribution in [2.24, 2.45) is 0 Å². The maximum absolute atomic E-state index is 11.1. The van der Waals surface area contributed by atoms with Crippen LogP contribution in [0.3, 0.4) is 0 Å². The first-order valence-corrected chi connectivity index (χ1v) is 8.84. The van der Waals surface area contributed by atoms with Crippen LogP contribution in [0, 0.1) is 0 Å². The first-order chi connectivity index (χ1) is 9.42. The molecule has 0 spiro atoms. The molecule has 0 radical (unpaired) electrons. The van der Waals surface area contributed by atoms with Crippen LogP contribution in [0.2, 0.25) is 0 Å². The summed E-state index contributed by atoms with van der Waals surface area (Å²) < 4.78 is 11.1. The Bertz CT molecular complexity index is 451. The van der Waals surface area contributed by atoms with E-state index in [2.05, 4.69) is 41.4 Å². The molecule has 0 aromatic carbocycles. The number of nitrogens with one attached hydrogen (secondary N) is 2. The van der Waals surface area contributed by atoms with Crippen LogP contribution in [0.15, 0.2) is 6.07 Å². The normalized spacial score (nSPS) is 14.1. The molecule has 0 aliphatic rings. The zero-order valence-corrected chi connectivity index (χ0v) is 13.9. The first kappa shape index (κ1) is 16.9. The van der Waals surface area contributed by atoms with Crippen molar-refractivity contribution in [2.75, 3.05) is 29.2 Å². The number of nitrogens with zero attached hydrogens (tertiary/aromatic N) is 2. The lowest BCUT2D eigenvalue weighted by atomic mass is 10.2. The molecule has 2 N–H and O–H groups in total. The molecule has 2 atom stereocenters. The fourth-order valence-corrected chi connectivity index (χ4v) is 2.42. The zero-order valence-electron chi connectivity index (χ0n) is 13.1. The van der Waals surface area contributed by atoms with Crippen LogP contribution in [0.25, 0.3) is 0 Å². The minimum atomic E-state index is -0.748. The minimum Gasteiger partial charge on any atom is -0.370 e. The van der Waals surface area contributed by atoms with Gasteiger partial charge in [0.2, 0.25) is 0 Å². The minimum absolute atomic E-state index is 0.239. The van der Waals surface area contributed by atoms with Crippen LogP contribution in [0.4, 0.5) is 11.6 Å². The molecule has 1 rings (SSSR count). The van der Waals surface area contributed by atoms with Gasteiger partial charge in [0.15, 0.2) is 0 Å². The van der Waals surface area contributed by atoms with Gasteiger partial charge in [0, 0.05) is 47.4 Å². The van der Waals surface area contributed by atoms with Gasteiger partial charge in [-0.1, -0.05) is 13.8 Å². The second-order valence-electron chi connectivity index (χ2n) is 5.29. The molecule has 6 heteroatoms. The summed E-state index contributed by atoms with van der Waals surface area (Å²) >= 11 is 0. The smallest absolute Gasteiger partial charge is 0.135 e. The summed E-state index contributed by atoms with van der Waals surface area (Å²) in [7, 11) is -0.748. The Hall–Kier alpha value is -1.17. The van der Waals surface area contributed by atoms with E-state index < -0.39 is 10.8 Å². The van der Waals surface area contributed by atoms with Crippen LogP contribution in [-0.2, 0) is 10.8 Å². The number of aromatic nitrogens is 2. The quantitative estimate of drug-likeness (QED) is 0.772. The Morgan fingerprint density at radius 2 is 1.90 bits per heavy atom. The average Bonchev–Trinajstić information content (AvgIpc) is 2.36. The highest BCUT2D eigenvalue weighted by molar-refractivity contribution is 7.84. The largest absolute Gasteiger partial charge is 0.370 e. The van der Waals surface area contributed by atoms with Gasteiger partial charge >= 0.3 is 0 Å². The van der Waals surface area contributed by atoms with E-state index in [1.165, 1.54) is 0 Å². The second kappa shape index (κ2) is 8.19. The zero-order chi connectivity index (χ0) is 15.1. The van der Waals surface area contributed by atoms with Crippen LogP contribution in [-0.4, -0.2) is 38.8 Å². The molecule has 114 valence electrons. The lowest BCUT2D eigenvalue weighted by molar-refractivity contribution is 0.678. The molecule has 0 aliphatic carbocycles. The highest BCUT2D eigenvalue weighted by Crippen LogP contribution is 2.18. The van der Waals surface area contributed by atoms with Gasteiger partial charge in [0.05, 0.1) is 0 Å². The van der Waals surface area contributed by atoms with E-state index in [-0.39, 0.29) is 12.0 Å². The van der Waals surface area contributed by atoms with Crippen LogP contribution in [0.1, 0.15) is 45.9 Å². The topological polar surface area (TPSA) is 66.9 Å². The molecule has 1 aromatic rings. The highest BCUT2D eigenvalue weighted by atomic mass is 32.2. The highest BCUT2D eigenvalue weighted by Gasteiger charge is 2.10. The van der Waals surface area contributed by atoms with Crippen molar-refractivity contribution >= 4 is 22.4 Å². The predicted octanol–water partition coefficient (Wildman–Crippen LogP) is 2.60. The summed E-state index contributed by atoms with van der Waals surface area (Å²) in [6.45, 7) is 9.12. The Morgan fingerprint density at radius 3 is 2.45 bits per heavy atom. The van der Waals surface area contributed by atoms with Crippen molar-refractivity contribution in [2.45, 2.75) is 46.1 Å². The molecule has 5 nitrogen and oxygen atoms in total. The standard InChI is InChI=1S/C14H26N4OS/c1-6-15-12-9-13(18-14(17-12)10(2)3)16-11(4)7-8-20(5)19/h9-11H,6-8H2,1-5H3,(H2,15,16,17,18). The van der Waals surface area contributed by atoms with Gasteiger partial charge in [0.25, 0.3) is 0 Å². The predicted molar refractivity (Wildman–Crippen MR) is 86.9 cm³/mol. The molecule has 1 aromatic heterocycles. The molecule has 20 heavy (non-hydrogen) atoms. The molecular formula is C14H26N4OS. The fourth-order valence-electron chi connectivity index (χ4n) is 1.74. The van der Waals surface area contributed by atoms with Gasteiger partial charge in [-0.3, -0.25) is 4.21 Å². The monoisotopic (exact) mass is 298 g/mol. The number of hydrogen-bond acceptors (Lipinski definition) is 5. The molecule has 0 aliphatic heterocycles. The van der Waals surface area contributed by atoms with Gasteiger partial charge in [0.1, 0.15) is 17.5 Å². The summed E-state index contributed by atoms with van der Waals surface area (Å²) in [5.41, 5.74) is 0. The SMILES string of the molecule is CCNc1cc(NC(C)CCS(C)=O)nc(C(C)C)n1. The van der Waals surface area contributed by atoms with Crippen molar-refractivity contribution in [3.05, 3.63) is 11.9 Å². The van der Waals surface area contributed by atoms with Crippen molar-refractivity contribution in [1.29, 1.82) is 0 Å². The lowest BCUT2D eigenvalue weighted by Gasteiger charge is -2.16. The van der Waals surface area contributed by atoms with Gasteiger partial charge in [-0.25, -0.2) is 9.97 Å². The van der Waals surface area contributed by atoms with Crippen LogP contribution in [0.5, 0.6) is 0 Å². The molecule has 1 heterocycles. The van der Waals surface area contributed by atoms with E-state index in [0.717, 1.165) is 30.4 Å². The maximum atomic E-state index is 11.1. The van der Waals surface area contributed by atoms with E-state index in [9.17, 15) is 4.21 Å². The van der Waals surface area contributed by atoms with Crippen molar-refractivity contribution in [1.82, 2.24) is 9.97 Å². The second-order valence-corrected chi connectivity index (χ2v) is 6.85. The lowest BCUT2D eigenvalue weighted by Crippen LogP contribution is -2.19. The Morgan fingerprint density at radius 1 is 1.25 bits per heavy atom. The summed E-state index contributed by atoms with van der Waals surface area (Å²) in [4.78, 5) is 9.04. The van der Waals surface area contributed by atoms with E-state index in [4.69, 9.17) is 0 Å². The van der Waals surface area contributed by atoms with Gasteiger partial charge in [-0.2, -0.15) is 0 Å². The van der Waals surface area contributed by atoms with Crippen molar-refractivity contribution in [3.8, 4) is 0 Å². The Labute approximate surface area is 124 Å². The summed E-state index contributed by atoms with van der Waals surface area (Å²) in [5, 5.41) is 6.59. The summed E-state index contributed by atoms with van der Waals surface area (Å²) in [6.07, 6.45) is 2.60. The molecule has 0 fully saturated rings. The molecule has 0 bridgehead atoms. The third-order valence-corrected chi connectivity index (χ3v) is 3.66. The Kier molecular flexibility index (Phi) is 6.91. The van der Waals surface area contributed by atoms with Crippen molar-refractivity contribution < 1.29 is 4.21 Å². The third-order valence-electron chi connectivity index (χ3n) is 2.85. The molecule has 2 unspecified atom stereocenters. The Balaban J connectivity index is 2.79. The van der Waals surface area contributed by atoms with Gasteiger partial charge in [-0.05, 0) is 20.3 Å². The van der Waals surface area contributed by atoms with E-state index in [1.54, 1.807) is 6.26 Å². The van der Waals surface area contributed by atoms with E-state index in [1.807, 2.05) is 13.0 Å². The summed E-state index contributed by atoms with van der Waals surface area (Å²) in [5.74, 6) is 3.50. The van der Waals surface area contributed by atoms with Crippen molar-refractivity contribution in [3.63, 3.8) is 0 Å². The molecule has 0 saturated carbocycles. The first-order valence-electron chi connectivity index (χ1n) is 7.11. The third kappa shape index (κ3) is 5.86. The van der Waals surface area contributed by atoms with E-state index >= 15 is 0 Å². The fraction of sp³-hybridized carbons (Fsp3) is 0.714. The number of rotatable bonds is 8. The molecule has 0 saturated heterocycles. The molecular weight excluding hydrogens is 272 g/mol. The number of anilines is 2. The summed E-state index contributed by atoms with van der Waals surface area (Å²) in [6, 6.07) is 2.16. The van der Waals surface area contributed by atoms with Gasteiger partial charge < -0.3 is 10.6 Å². The van der Waals surface area contributed by atoms with E-state index in [0.29, 0.717) is 5.75 Å². The maximum Gasteiger partial charge on any atom is 0.135 e.